The zero-order valence-electron chi connectivity index (χ0n) is 17.6. The average Bonchev–Trinajstić information content (AvgIpc) is 2.65. The normalized spacial score (nSPS) is 11.8. The lowest BCUT2D eigenvalue weighted by Gasteiger charge is -2.22. The van der Waals surface area contributed by atoms with Gasteiger partial charge in [0.2, 0.25) is 11.8 Å². The first-order valence-electron chi connectivity index (χ1n) is 9.76. The van der Waals surface area contributed by atoms with E-state index in [1.807, 2.05) is 46.8 Å². The molecule has 0 saturated heterocycles. The Hall–Kier alpha value is -3.15. The van der Waals surface area contributed by atoms with Gasteiger partial charge in [0.25, 0.3) is 5.91 Å². The summed E-state index contributed by atoms with van der Waals surface area (Å²) in [6.45, 7) is 9.28. The highest BCUT2D eigenvalue weighted by Crippen LogP contribution is 2.17. The number of carbonyl (C=O) groups excluding carboxylic acids is 3. The molecule has 0 aliphatic carbocycles. The highest BCUT2D eigenvalue weighted by atomic mass is 16.2. The Labute approximate surface area is 172 Å². The van der Waals surface area contributed by atoms with Crippen molar-refractivity contribution in [3.05, 3.63) is 59.7 Å². The lowest BCUT2D eigenvalue weighted by molar-refractivity contribution is -0.119. The molecule has 3 N–H and O–H groups in total. The molecule has 0 aromatic heterocycles. The molecule has 1 atom stereocenters. The first-order valence-corrected chi connectivity index (χ1v) is 9.76. The maximum absolute atomic E-state index is 12.8. The highest BCUT2D eigenvalue weighted by Gasteiger charge is 2.25. The molecule has 154 valence electrons. The molecular formula is C23H29N3O3. The molecule has 6 heteroatoms. The molecule has 0 radical (unpaired) electrons. The Kier molecular flexibility index (Phi) is 7.53. The Morgan fingerprint density at radius 2 is 1.38 bits per heavy atom. The predicted octanol–water partition coefficient (Wildman–Crippen LogP) is 3.98. The molecular weight excluding hydrogens is 366 g/mol. The SMILES string of the molecule is Cc1cccc(C(=O)NC(C(=O)Nc2cccc(NC(=O)C(C)C)c2)C(C)C)c1. The van der Waals surface area contributed by atoms with Crippen LogP contribution < -0.4 is 16.0 Å². The minimum absolute atomic E-state index is 0.0982. The van der Waals surface area contributed by atoms with Crippen molar-refractivity contribution in [3.63, 3.8) is 0 Å². The van der Waals surface area contributed by atoms with Crippen molar-refractivity contribution in [1.29, 1.82) is 0 Å². The van der Waals surface area contributed by atoms with Crippen LogP contribution in [0.25, 0.3) is 0 Å². The Balaban J connectivity index is 2.10. The molecule has 1 unspecified atom stereocenters. The summed E-state index contributed by atoms with van der Waals surface area (Å²) in [5.74, 6) is -0.948. The van der Waals surface area contributed by atoms with E-state index < -0.39 is 6.04 Å². The van der Waals surface area contributed by atoms with Gasteiger partial charge in [0.15, 0.2) is 0 Å². The summed E-state index contributed by atoms with van der Waals surface area (Å²) in [5, 5.41) is 8.46. The quantitative estimate of drug-likeness (QED) is 0.663. The lowest BCUT2D eigenvalue weighted by Crippen LogP contribution is -2.47. The molecule has 0 saturated carbocycles. The van der Waals surface area contributed by atoms with Gasteiger partial charge in [0, 0.05) is 22.9 Å². The first-order chi connectivity index (χ1) is 13.7. The number of benzene rings is 2. The third kappa shape index (κ3) is 6.45. The standard InChI is InChI=1S/C23H29N3O3/c1-14(2)20(26-22(28)17-9-6-8-16(5)12-17)23(29)25-19-11-7-10-18(13-19)24-21(27)15(3)4/h6-15,20H,1-5H3,(H,24,27)(H,25,29)(H,26,28). The van der Waals surface area contributed by atoms with E-state index in [1.54, 1.807) is 36.4 Å². The topological polar surface area (TPSA) is 87.3 Å². The second-order valence-electron chi connectivity index (χ2n) is 7.78. The van der Waals surface area contributed by atoms with Gasteiger partial charge in [-0.05, 0) is 43.2 Å². The predicted molar refractivity (Wildman–Crippen MR) is 116 cm³/mol. The maximum atomic E-state index is 12.8. The van der Waals surface area contributed by atoms with Gasteiger partial charge in [-0.1, -0.05) is 51.5 Å². The summed E-state index contributed by atoms with van der Waals surface area (Å²) in [6, 6.07) is 13.5. The monoisotopic (exact) mass is 395 g/mol. The molecule has 2 aromatic carbocycles. The molecule has 0 aliphatic heterocycles. The van der Waals surface area contributed by atoms with Crippen LogP contribution in [-0.2, 0) is 9.59 Å². The van der Waals surface area contributed by atoms with Gasteiger partial charge in [0.05, 0.1) is 0 Å². The Bertz CT molecular complexity index is 890. The van der Waals surface area contributed by atoms with Crippen LogP contribution in [-0.4, -0.2) is 23.8 Å². The van der Waals surface area contributed by atoms with Gasteiger partial charge in [-0.15, -0.1) is 0 Å². The van der Waals surface area contributed by atoms with E-state index in [4.69, 9.17) is 0 Å². The zero-order chi connectivity index (χ0) is 21.6. The van der Waals surface area contributed by atoms with E-state index >= 15 is 0 Å². The van der Waals surface area contributed by atoms with Crippen LogP contribution >= 0.6 is 0 Å². The number of anilines is 2. The van der Waals surface area contributed by atoms with Gasteiger partial charge in [-0.3, -0.25) is 14.4 Å². The molecule has 29 heavy (non-hydrogen) atoms. The number of nitrogens with one attached hydrogen (secondary N) is 3. The largest absolute Gasteiger partial charge is 0.340 e. The van der Waals surface area contributed by atoms with Crippen molar-refractivity contribution in [2.45, 2.75) is 40.7 Å². The van der Waals surface area contributed by atoms with E-state index in [9.17, 15) is 14.4 Å². The molecule has 0 spiro atoms. The number of hydrogen-bond acceptors (Lipinski definition) is 3. The summed E-state index contributed by atoms with van der Waals surface area (Å²) in [6.07, 6.45) is 0. The lowest BCUT2D eigenvalue weighted by atomic mass is 10.0. The fourth-order valence-electron chi connectivity index (χ4n) is 2.73. The van der Waals surface area contributed by atoms with Gasteiger partial charge < -0.3 is 16.0 Å². The highest BCUT2D eigenvalue weighted by molar-refractivity contribution is 6.01. The molecule has 3 amide bonds. The van der Waals surface area contributed by atoms with Gasteiger partial charge in [-0.2, -0.15) is 0 Å². The van der Waals surface area contributed by atoms with Crippen LogP contribution in [0.3, 0.4) is 0 Å². The van der Waals surface area contributed by atoms with Crippen molar-refractivity contribution in [1.82, 2.24) is 5.32 Å². The molecule has 2 aromatic rings. The van der Waals surface area contributed by atoms with Crippen LogP contribution in [0.4, 0.5) is 11.4 Å². The maximum Gasteiger partial charge on any atom is 0.251 e. The molecule has 0 aliphatic rings. The zero-order valence-corrected chi connectivity index (χ0v) is 17.6. The van der Waals surface area contributed by atoms with E-state index in [-0.39, 0.29) is 29.6 Å². The summed E-state index contributed by atoms with van der Waals surface area (Å²) in [5.41, 5.74) is 2.64. The number of amides is 3. The van der Waals surface area contributed by atoms with Gasteiger partial charge in [0.1, 0.15) is 6.04 Å². The van der Waals surface area contributed by atoms with Crippen molar-refractivity contribution >= 4 is 29.1 Å². The number of aryl methyl sites for hydroxylation is 1. The van der Waals surface area contributed by atoms with Gasteiger partial charge >= 0.3 is 0 Å². The third-order valence-electron chi connectivity index (χ3n) is 4.44. The van der Waals surface area contributed by atoms with E-state index in [0.717, 1.165) is 5.56 Å². The minimum atomic E-state index is -0.697. The van der Waals surface area contributed by atoms with Crippen LogP contribution in [0.1, 0.15) is 43.6 Å². The summed E-state index contributed by atoms with van der Waals surface area (Å²) < 4.78 is 0. The van der Waals surface area contributed by atoms with Crippen LogP contribution in [0.15, 0.2) is 48.5 Å². The van der Waals surface area contributed by atoms with Gasteiger partial charge in [-0.25, -0.2) is 0 Å². The summed E-state index contributed by atoms with van der Waals surface area (Å²) in [7, 11) is 0. The summed E-state index contributed by atoms with van der Waals surface area (Å²) in [4.78, 5) is 37.3. The molecule has 0 heterocycles. The van der Waals surface area contributed by atoms with E-state index in [1.165, 1.54) is 0 Å². The fraction of sp³-hybridized carbons (Fsp3) is 0.348. The van der Waals surface area contributed by atoms with Crippen molar-refractivity contribution in [2.75, 3.05) is 10.6 Å². The molecule has 0 fully saturated rings. The van der Waals surface area contributed by atoms with Crippen molar-refractivity contribution < 1.29 is 14.4 Å². The fourth-order valence-corrected chi connectivity index (χ4v) is 2.73. The number of hydrogen-bond donors (Lipinski definition) is 3. The van der Waals surface area contributed by atoms with E-state index in [0.29, 0.717) is 16.9 Å². The summed E-state index contributed by atoms with van der Waals surface area (Å²) >= 11 is 0. The first kappa shape index (κ1) is 22.1. The minimum Gasteiger partial charge on any atom is -0.340 e. The Morgan fingerprint density at radius 1 is 0.793 bits per heavy atom. The second-order valence-corrected chi connectivity index (χ2v) is 7.78. The average molecular weight is 396 g/mol. The van der Waals surface area contributed by atoms with Crippen LogP contribution in [0.5, 0.6) is 0 Å². The third-order valence-corrected chi connectivity index (χ3v) is 4.44. The van der Waals surface area contributed by atoms with Crippen LogP contribution in [0.2, 0.25) is 0 Å². The molecule has 2 rings (SSSR count). The van der Waals surface area contributed by atoms with E-state index in [2.05, 4.69) is 16.0 Å². The van der Waals surface area contributed by atoms with Crippen molar-refractivity contribution in [3.8, 4) is 0 Å². The smallest absolute Gasteiger partial charge is 0.251 e. The van der Waals surface area contributed by atoms with Crippen LogP contribution in [0, 0.1) is 18.8 Å². The number of carbonyl (C=O) groups is 3. The number of rotatable bonds is 7. The molecule has 0 bridgehead atoms. The van der Waals surface area contributed by atoms with Crippen molar-refractivity contribution in [2.24, 2.45) is 11.8 Å². The Morgan fingerprint density at radius 3 is 1.93 bits per heavy atom. The molecule has 6 nitrogen and oxygen atoms in total. The second kappa shape index (κ2) is 9.87.